The number of carbonyl (C=O) groups excluding carboxylic acids is 3. The van der Waals surface area contributed by atoms with Crippen LogP contribution in [0.25, 0.3) is 0 Å². The molecule has 0 aliphatic carbocycles. The molecule has 1 aliphatic rings. The number of phenolic OH excluding ortho intramolecular Hbond substituents is 1. The lowest BCUT2D eigenvalue weighted by Gasteiger charge is -2.27. The van der Waals surface area contributed by atoms with Gasteiger partial charge in [-0.05, 0) is 24.6 Å². The quantitative estimate of drug-likeness (QED) is 0.744. The van der Waals surface area contributed by atoms with E-state index in [1.54, 1.807) is 0 Å². The number of aliphatic carboxylic acids is 1. The number of phenols is 1. The smallest absolute Gasteiger partial charge is 0.290 e. The molecular formula is C15H14NO7-. The number of carbonyl (C=O) groups is 3. The van der Waals surface area contributed by atoms with Gasteiger partial charge in [0.25, 0.3) is 5.91 Å². The Labute approximate surface area is 131 Å². The Morgan fingerprint density at radius 1 is 1.35 bits per heavy atom. The number of nitrogens with zero attached hydrogens (tertiary/aromatic N) is 1. The second kappa shape index (κ2) is 5.99. The van der Waals surface area contributed by atoms with Crippen molar-refractivity contribution in [2.75, 3.05) is 13.7 Å². The summed E-state index contributed by atoms with van der Waals surface area (Å²) in [5.74, 6) is -3.96. The lowest BCUT2D eigenvalue weighted by Crippen LogP contribution is -2.41. The lowest BCUT2D eigenvalue weighted by atomic mass is 9.96. The topological polar surface area (TPSA) is 127 Å². The first kappa shape index (κ1) is 16.3. The van der Waals surface area contributed by atoms with Crippen LogP contribution >= 0.6 is 0 Å². The van der Waals surface area contributed by atoms with Gasteiger partial charge in [-0.1, -0.05) is 6.07 Å². The average Bonchev–Trinajstić information content (AvgIpc) is 2.72. The van der Waals surface area contributed by atoms with Gasteiger partial charge in [-0.2, -0.15) is 0 Å². The van der Waals surface area contributed by atoms with Crippen LogP contribution in [0.5, 0.6) is 11.5 Å². The van der Waals surface area contributed by atoms with Crippen LogP contribution in [-0.2, 0) is 14.4 Å². The highest BCUT2D eigenvalue weighted by atomic mass is 16.5. The first-order valence-electron chi connectivity index (χ1n) is 6.59. The van der Waals surface area contributed by atoms with Gasteiger partial charge < -0.3 is 29.8 Å². The SMILES string of the molecule is COc1cc([C@@H]2C(C(C)=O)=C(O)C(=O)N2CC(=O)[O-])ccc1O. The van der Waals surface area contributed by atoms with Gasteiger partial charge in [0.15, 0.2) is 23.0 Å². The van der Waals surface area contributed by atoms with E-state index in [4.69, 9.17) is 4.74 Å². The minimum Gasteiger partial charge on any atom is -0.548 e. The normalized spacial score (nSPS) is 17.6. The average molecular weight is 320 g/mol. The molecule has 1 atom stereocenters. The first-order valence-corrected chi connectivity index (χ1v) is 6.59. The summed E-state index contributed by atoms with van der Waals surface area (Å²) in [6.07, 6.45) is 0. The number of hydrogen-bond donors (Lipinski definition) is 2. The highest BCUT2D eigenvalue weighted by Gasteiger charge is 2.42. The van der Waals surface area contributed by atoms with Crippen molar-refractivity contribution in [2.45, 2.75) is 13.0 Å². The molecular weight excluding hydrogens is 306 g/mol. The summed E-state index contributed by atoms with van der Waals surface area (Å²) in [6, 6.07) is 2.94. The Morgan fingerprint density at radius 3 is 2.52 bits per heavy atom. The molecule has 1 aromatic rings. The molecule has 1 heterocycles. The fourth-order valence-corrected chi connectivity index (χ4v) is 2.53. The number of aromatic hydroxyl groups is 1. The molecule has 2 rings (SSSR count). The van der Waals surface area contributed by atoms with E-state index in [2.05, 4.69) is 0 Å². The van der Waals surface area contributed by atoms with E-state index in [9.17, 15) is 29.7 Å². The molecule has 0 aromatic heterocycles. The number of carboxylic acids is 1. The van der Waals surface area contributed by atoms with E-state index in [1.807, 2.05) is 0 Å². The van der Waals surface area contributed by atoms with Gasteiger partial charge in [0, 0.05) is 0 Å². The predicted octanol–water partition coefficient (Wildman–Crippen LogP) is -0.565. The van der Waals surface area contributed by atoms with Crippen LogP contribution in [0, 0.1) is 0 Å². The molecule has 1 aromatic carbocycles. The second-order valence-electron chi connectivity index (χ2n) is 4.96. The van der Waals surface area contributed by atoms with E-state index >= 15 is 0 Å². The third kappa shape index (κ3) is 2.83. The maximum atomic E-state index is 12.1. The fourth-order valence-electron chi connectivity index (χ4n) is 2.53. The van der Waals surface area contributed by atoms with Gasteiger partial charge in [-0.25, -0.2) is 0 Å². The largest absolute Gasteiger partial charge is 0.548 e. The van der Waals surface area contributed by atoms with Crippen molar-refractivity contribution in [3.05, 3.63) is 35.1 Å². The molecule has 0 radical (unpaired) electrons. The molecule has 0 spiro atoms. The second-order valence-corrected chi connectivity index (χ2v) is 4.96. The van der Waals surface area contributed by atoms with E-state index in [1.165, 1.54) is 25.3 Å². The fraction of sp³-hybridized carbons (Fsp3) is 0.267. The highest BCUT2D eigenvalue weighted by Crippen LogP contribution is 2.40. The van der Waals surface area contributed by atoms with Crippen molar-refractivity contribution in [3.63, 3.8) is 0 Å². The van der Waals surface area contributed by atoms with Gasteiger partial charge in [0.05, 0.1) is 31.2 Å². The number of amides is 1. The van der Waals surface area contributed by atoms with Gasteiger partial charge in [-0.15, -0.1) is 0 Å². The van der Waals surface area contributed by atoms with E-state index in [0.29, 0.717) is 5.56 Å². The van der Waals surface area contributed by atoms with Crippen molar-refractivity contribution in [3.8, 4) is 11.5 Å². The monoisotopic (exact) mass is 320 g/mol. The van der Waals surface area contributed by atoms with Crippen LogP contribution in [-0.4, -0.2) is 46.4 Å². The summed E-state index contributed by atoms with van der Waals surface area (Å²) in [6.45, 7) is 0.361. The Kier molecular flexibility index (Phi) is 4.26. The molecule has 1 aliphatic heterocycles. The molecule has 0 saturated heterocycles. The van der Waals surface area contributed by atoms with Crippen LogP contribution in [0.3, 0.4) is 0 Å². The Balaban J connectivity index is 2.59. The molecule has 1 amide bonds. The maximum Gasteiger partial charge on any atom is 0.290 e. The number of benzene rings is 1. The summed E-state index contributed by atoms with van der Waals surface area (Å²) in [4.78, 5) is 35.5. The molecule has 0 bridgehead atoms. The molecule has 0 unspecified atom stereocenters. The molecule has 0 saturated carbocycles. The predicted molar refractivity (Wildman–Crippen MR) is 74.5 cm³/mol. The third-order valence-electron chi connectivity index (χ3n) is 3.50. The number of carboxylic acid groups (broad SMARTS) is 1. The molecule has 8 heteroatoms. The van der Waals surface area contributed by atoms with Crippen molar-refractivity contribution >= 4 is 17.7 Å². The Hall–Kier alpha value is -3.03. The molecule has 122 valence electrons. The summed E-state index contributed by atoms with van der Waals surface area (Å²) in [5, 5.41) is 30.4. The Bertz CT molecular complexity index is 723. The molecule has 23 heavy (non-hydrogen) atoms. The third-order valence-corrected chi connectivity index (χ3v) is 3.50. The molecule has 0 fully saturated rings. The zero-order valence-electron chi connectivity index (χ0n) is 12.4. The number of rotatable bonds is 5. The summed E-state index contributed by atoms with van der Waals surface area (Å²) in [5.41, 5.74) is 0.0903. The zero-order valence-corrected chi connectivity index (χ0v) is 12.4. The standard InChI is InChI=1S/C15H15NO7/c1-7(17)12-13(8-3-4-9(18)10(5-8)23-2)16(6-11(19)20)15(22)14(12)21/h3-5,13,18,21H,6H2,1-2H3,(H,19,20)/p-1/t13-/m1/s1. The lowest BCUT2D eigenvalue weighted by molar-refractivity contribution is -0.306. The van der Waals surface area contributed by atoms with E-state index in [0.717, 1.165) is 11.8 Å². The van der Waals surface area contributed by atoms with Gasteiger partial charge in [0.2, 0.25) is 0 Å². The van der Waals surface area contributed by atoms with Crippen molar-refractivity contribution in [2.24, 2.45) is 0 Å². The van der Waals surface area contributed by atoms with Crippen LogP contribution in [0.4, 0.5) is 0 Å². The number of aliphatic hydroxyl groups is 1. The number of methoxy groups -OCH3 is 1. The van der Waals surface area contributed by atoms with Crippen LogP contribution in [0.2, 0.25) is 0 Å². The minimum atomic E-state index is -1.54. The molecule has 8 nitrogen and oxygen atoms in total. The number of ether oxygens (including phenoxy) is 1. The number of ketones is 1. The number of hydrogen-bond acceptors (Lipinski definition) is 7. The number of aliphatic hydroxyl groups excluding tert-OH is 1. The number of Topliss-reactive ketones (excluding diaryl/α,β-unsaturated/α-hetero) is 1. The zero-order chi connectivity index (χ0) is 17.3. The minimum absolute atomic E-state index is 0.0811. The summed E-state index contributed by atoms with van der Waals surface area (Å²) >= 11 is 0. The van der Waals surface area contributed by atoms with Crippen LogP contribution in [0.15, 0.2) is 29.5 Å². The first-order chi connectivity index (χ1) is 10.8. The van der Waals surface area contributed by atoms with Gasteiger partial charge in [0.1, 0.15) is 0 Å². The maximum absolute atomic E-state index is 12.1. The van der Waals surface area contributed by atoms with Crippen molar-refractivity contribution < 1.29 is 34.4 Å². The van der Waals surface area contributed by atoms with E-state index < -0.39 is 36.0 Å². The highest BCUT2D eigenvalue weighted by molar-refractivity contribution is 6.08. The summed E-state index contributed by atoms with van der Waals surface area (Å²) in [7, 11) is 1.32. The van der Waals surface area contributed by atoms with Crippen molar-refractivity contribution in [1.82, 2.24) is 4.90 Å². The Morgan fingerprint density at radius 2 is 2.00 bits per heavy atom. The van der Waals surface area contributed by atoms with Crippen molar-refractivity contribution in [1.29, 1.82) is 0 Å². The van der Waals surface area contributed by atoms with Gasteiger partial charge >= 0.3 is 0 Å². The van der Waals surface area contributed by atoms with E-state index in [-0.39, 0.29) is 17.1 Å². The molecule has 2 N–H and O–H groups in total. The summed E-state index contributed by atoms with van der Waals surface area (Å²) < 4.78 is 4.97. The van der Waals surface area contributed by atoms with Crippen LogP contribution in [0.1, 0.15) is 18.5 Å². The van der Waals surface area contributed by atoms with Gasteiger partial charge in [-0.3, -0.25) is 9.59 Å². The van der Waals surface area contributed by atoms with Crippen LogP contribution < -0.4 is 9.84 Å².